The van der Waals surface area contributed by atoms with E-state index in [1.54, 1.807) is 21.3 Å². The summed E-state index contributed by atoms with van der Waals surface area (Å²) in [6.45, 7) is 0. The van der Waals surface area contributed by atoms with Crippen LogP contribution >= 0.6 is 0 Å². The molecule has 0 spiro atoms. The maximum atomic E-state index is 5.54. The van der Waals surface area contributed by atoms with Gasteiger partial charge in [0, 0.05) is 5.69 Å². The zero-order valence-electron chi connectivity index (χ0n) is 15.9. The van der Waals surface area contributed by atoms with Gasteiger partial charge in [-0.2, -0.15) is 0 Å². The van der Waals surface area contributed by atoms with Crippen LogP contribution in [-0.2, 0) is 6.42 Å². The fraction of sp³-hybridized carbons (Fsp3) is 0.217. The highest BCUT2D eigenvalue weighted by Gasteiger charge is 2.19. The van der Waals surface area contributed by atoms with Gasteiger partial charge >= 0.3 is 0 Å². The topological polar surface area (TPSA) is 39.7 Å². The summed E-state index contributed by atoms with van der Waals surface area (Å²) in [5.41, 5.74) is 3.38. The van der Waals surface area contributed by atoms with E-state index in [0.29, 0.717) is 17.2 Å². The Morgan fingerprint density at radius 1 is 0.741 bits per heavy atom. The number of benzene rings is 3. The highest BCUT2D eigenvalue weighted by molar-refractivity contribution is 5.56. The molecule has 3 rings (SSSR count). The third-order valence-electron chi connectivity index (χ3n) is 4.49. The molecule has 0 aromatic heterocycles. The minimum atomic E-state index is 0.0449. The van der Waals surface area contributed by atoms with E-state index in [9.17, 15) is 0 Å². The van der Waals surface area contributed by atoms with Crippen LogP contribution in [0.1, 0.15) is 17.2 Å². The Kier molecular flexibility index (Phi) is 6.21. The molecule has 0 fully saturated rings. The lowest BCUT2D eigenvalue weighted by Crippen LogP contribution is -2.14. The van der Waals surface area contributed by atoms with Crippen LogP contribution in [0.25, 0.3) is 0 Å². The Balaban J connectivity index is 2.01. The monoisotopic (exact) mass is 363 g/mol. The molecule has 3 aromatic carbocycles. The molecule has 0 aliphatic carbocycles. The Labute approximate surface area is 160 Å². The number of hydrogen-bond acceptors (Lipinski definition) is 4. The maximum Gasteiger partial charge on any atom is 0.203 e. The number of rotatable bonds is 8. The molecule has 0 saturated carbocycles. The van der Waals surface area contributed by atoms with Crippen LogP contribution in [0.4, 0.5) is 5.69 Å². The number of ether oxygens (including phenoxy) is 3. The van der Waals surface area contributed by atoms with Crippen molar-refractivity contribution in [3.8, 4) is 17.2 Å². The Morgan fingerprint density at radius 3 is 1.81 bits per heavy atom. The molecule has 0 aliphatic heterocycles. The van der Waals surface area contributed by atoms with Crippen molar-refractivity contribution in [2.75, 3.05) is 26.6 Å². The third kappa shape index (κ3) is 4.53. The van der Waals surface area contributed by atoms with Crippen molar-refractivity contribution in [1.82, 2.24) is 0 Å². The van der Waals surface area contributed by atoms with Crippen molar-refractivity contribution in [2.45, 2.75) is 12.5 Å². The Bertz CT molecular complexity index is 784. The summed E-state index contributed by atoms with van der Waals surface area (Å²) in [6, 6.07) is 24.7. The van der Waals surface area contributed by atoms with E-state index in [0.717, 1.165) is 17.7 Å². The second-order valence-electron chi connectivity index (χ2n) is 6.21. The molecule has 140 valence electrons. The third-order valence-corrected chi connectivity index (χ3v) is 4.49. The van der Waals surface area contributed by atoms with Crippen LogP contribution in [0, 0.1) is 0 Å². The van der Waals surface area contributed by atoms with Gasteiger partial charge in [0.2, 0.25) is 5.75 Å². The molecule has 4 nitrogen and oxygen atoms in total. The van der Waals surface area contributed by atoms with E-state index < -0.39 is 0 Å². The normalized spacial score (nSPS) is 11.5. The lowest BCUT2D eigenvalue weighted by atomic mass is 9.97. The van der Waals surface area contributed by atoms with E-state index in [4.69, 9.17) is 14.2 Å². The molecule has 4 heteroatoms. The van der Waals surface area contributed by atoms with E-state index in [-0.39, 0.29) is 6.04 Å². The van der Waals surface area contributed by atoms with Gasteiger partial charge < -0.3 is 19.5 Å². The second-order valence-corrected chi connectivity index (χ2v) is 6.21. The number of nitrogens with one attached hydrogen (secondary N) is 1. The molecule has 3 aromatic rings. The van der Waals surface area contributed by atoms with Crippen LogP contribution in [0.5, 0.6) is 17.2 Å². The van der Waals surface area contributed by atoms with Crippen molar-refractivity contribution < 1.29 is 14.2 Å². The van der Waals surface area contributed by atoms with Crippen LogP contribution in [0.2, 0.25) is 0 Å². The summed E-state index contributed by atoms with van der Waals surface area (Å²) in [6.07, 6.45) is 0.828. The van der Waals surface area contributed by atoms with Gasteiger partial charge in [-0.25, -0.2) is 0 Å². The average molecular weight is 363 g/mol. The lowest BCUT2D eigenvalue weighted by Gasteiger charge is -2.23. The highest BCUT2D eigenvalue weighted by Crippen LogP contribution is 2.40. The molecule has 0 bridgehead atoms. The first-order chi connectivity index (χ1) is 13.2. The van der Waals surface area contributed by atoms with Crippen LogP contribution in [0.3, 0.4) is 0 Å². The number of hydrogen-bond donors (Lipinski definition) is 1. The fourth-order valence-corrected chi connectivity index (χ4v) is 3.14. The quantitative estimate of drug-likeness (QED) is 0.604. The predicted octanol–water partition coefficient (Wildman–Crippen LogP) is 5.11. The first-order valence-corrected chi connectivity index (χ1v) is 8.90. The zero-order chi connectivity index (χ0) is 19.1. The standard InChI is InChI=1S/C23H25NO3/c1-25-21-15-18(16-22(26-2)23(21)27-3)20(14-17-10-6-4-7-11-17)24-19-12-8-5-9-13-19/h4-13,15-16,20,24H,14H2,1-3H3. The largest absolute Gasteiger partial charge is 0.493 e. The summed E-state index contributed by atoms with van der Waals surface area (Å²) < 4.78 is 16.5. The van der Waals surface area contributed by atoms with Crippen molar-refractivity contribution >= 4 is 5.69 Å². The smallest absolute Gasteiger partial charge is 0.203 e. The van der Waals surface area contributed by atoms with Gasteiger partial charge in [0.1, 0.15) is 0 Å². The summed E-state index contributed by atoms with van der Waals surface area (Å²) in [7, 11) is 4.89. The van der Waals surface area contributed by atoms with Gasteiger partial charge in [0.05, 0.1) is 27.4 Å². The van der Waals surface area contributed by atoms with Crippen molar-refractivity contribution in [2.24, 2.45) is 0 Å². The first-order valence-electron chi connectivity index (χ1n) is 8.90. The first kappa shape index (κ1) is 18.6. The Hall–Kier alpha value is -3.14. The molecule has 1 atom stereocenters. The summed E-state index contributed by atoms with van der Waals surface area (Å²) in [5.74, 6) is 1.90. The van der Waals surface area contributed by atoms with E-state index >= 15 is 0 Å². The summed E-state index contributed by atoms with van der Waals surface area (Å²) >= 11 is 0. The van der Waals surface area contributed by atoms with Gasteiger partial charge in [0.25, 0.3) is 0 Å². The molecular formula is C23H25NO3. The lowest BCUT2D eigenvalue weighted by molar-refractivity contribution is 0.323. The van der Waals surface area contributed by atoms with Crippen LogP contribution < -0.4 is 19.5 Å². The van der Waals surface area contributed by atoms with Crippen LogP contribution in [-0.4, -0.2) is 21.3 Å². The van der Waals surface area contributed by atoms with Gasteiger partial charge in [-0.1, -0.05) is 48.5 Å². The SMILES string of the molecule is COc1cc(C(Cc2ccccc2)Nc2ccccc2)cc(OC)c1OC. The average Bonchev–Trinajstić information content (AvgIpc) is 2.73. The van der Waals surface area contributed by atoms with Crippen molar-refractivity contribution in [1.29, 1.82) is 0 Å². The van der Waals surface area contributed by atoms with Gasteiger partial charge in [0.15, 0.2) is 11.5 Å². The number of para-hydroxylation sites is 1. The predicted molar refractivity (Wildman–Crippen MR) is 109 cm³/mol. The molecule has 1 N–H and O–H groups in total. The van der Waals surface area contributed by atoms with Gasteiger partial charge in [-0.05, 0) is 41.8 Å². The number of anilines is 1. The molecule has 1 unspecified atom stereocenters. The van der Waals surface area contributed by atoms with E-state index in [1.807, 2.05) is 36.4 Å². The molecule has 0 radical (unpaired) electrons. The minimum absolute atomic E-state index is 0.0449. The molecule has 0 aliphatic rings. The summed E-state index contributed by atoms with van der Waals surface area (Å²) in [4.78, 5) is 0. The van der Waals surface area contributed by atoms with Gasteiger partial charge in [-0.3, -0.25) is 0 Å². The molecule has 0 amide bonds. The summed E-state index contributed by atoms with van der Waals surface area (Å²) in [5, 5.41) is 3.63. The number of methoxy groups -OCH3 is 3. The molecular weight excluding hydrogens is 338 g/mol. The fourth-order valence-electron chi connectivity index (χ4n) is 3.14. The zero-order valence-corrected chi connectivity index (χ0v) is 15.9. The minimum Gasteiger partial charge on any atom is -0.493 e. The van der Waals surface area contributed by atoms with Crippen molar-refractivity contribution in [3.05, 3.63) is 83.9 Å². The van der Waals surface area contributed by atoms with E-state index in [2.05, 4.69) is 41.7 Å². The molecule has 0 saturated heterocycles. The van der Waals surface area contributed by atoms with Gasteiger partial charge in [-0.15, -0.1) is 0 Å². The Morgan fingerprint density at radius 2 is 1.30 bits per heavy atom. The van der Waals surface area contributed by atoms with E-state index in [1.165, 1.54) is 5.56 Å². The molecule has 27 heavy (non-hydrogen) atoms. The maximum absolute atomic E-state index is 5.54. The molecule has 0 heterocycles. The van der Waals surface area contributed by atoms with Crippen molar-refractivity contribution in [3.63, 3.8) is 0 Å². The second kappa shape index (κ2) is 8.99. The van der Waals surface area contributed by atoms with Crippen LogP contribution in [0.15, 0.2) is 72.8 Å². The highest BCUT2D eigenvalue weighted by atomic mass is 16.5.